The first kappa shape index (κ1) is 27.9. The van der Waals surface area contributed by atoms with Gasteiger partial charge in [-0.15, -0.1) is 0 Å². The smallest absolute Gasteiger partial charge is 0.339 e. The first-order valence-electron chi connectivity index (χ1n) is 11.9. The van der Waals surface area contributed by atoms with Gasteiger partial charge >= 0.3 is 10.1 Å². The molecule has 1 N–H and O–H groups in total. The Labute approximate surface area is 235 Å². The molecule has 1 amide bonds. The first-order chi connectivity index (χ1) is 18.8. The second-order valence-corrected chi connectivity index (χ2v) is 10.6. The van der Waals surface area contributed by atoms with E-state index in [0.29, 0.717) is 30.1 Å². The van der Waals surface area contributed by atoms with Crippen LogP contribution in [0.2, 0.25) is 0 Å². The van der Waals surface area contributed by atoms with E-state index < -0.39 is 16.0 Å². The van der Waals surface area contributed by atoms with E-state index >= 15 is 0 Å². The minimum absolute atomic E-state index is 0.0324. The lowest BCUT2D eigenvalue weighted by atomic mass is 10.2. The monoisotopic (exact) mass is 608 g/mol. The third kappa shape index (κ3) is 7.92. The highest BCUT2D eigenvalue weighted by atomic mass is 79.9. The van der Waals surface area contributed by atoms with Crippen molar-refractivity contribution >= 4 is 38.2 Å². The largest absolute Gasteiger partial charge is 0.490 e. The Morgan fingerprint density at radius 3 is 2.31 bits per heavy atom. The maximum absolute atomic E-state index is 12.6. The number of ether oxygens (including phenoxy) is 2. The molecule has 0 bridgehead atoms. The molecular formula is C29H25BrN2O6S. The second-order valence-electron chi connectivity index (χ2n) is 8.13. The van der Waals surface area contributed by atoms with Crippen molar-refractivity contribution in [2.24, 2.45) is 5.10 Å². The van der Waals surface area contributed by atoms with Crippen LogP contribution in [0.3, 0.4) is 0 Å². The number of hydrogen-bond donors (Lipinski definition) is 1. The standard InChI is InChI=1S/C29H25BrN2O6S/c1-2-36-28-18-22(10-17-27(28)38-39(34,35)26-6-4-3-5-7-26)19-31-32-29(33)23-11-15-25(16-12-23)37-20-21-8-13-24(30)14-9-21/h3-19H,2,20H2,1H3,(H,32,33)/b31-19-. The van der Waals surface area contributed by atoms with Crippen molar-refractivity contribution in [2.75, 3.05) is 6.61 Å². The predicted molar refractivity (Wildman–Crippen MR) is 152 cm³/mol. The summed E-state index contributed by atoms with van der Waals surface area (Å²) in [6, 6.07) is 27.0. The van der Waals surface area contributed by atoms with Crippen LogP contribution in [0.1, 0.15) is 28.4 Å². The molecule has 0 atom stereocenters. The summed E-state index contributed by atoms with van der Waals surface area (Å²) in [6.07, 6.45) is 1.42. The number of carbonyl (C=O) groups is 1. The fourth-order valence-electron chi connectivity index (χ4n) is 3.38. The van der Waals surface area contributed by atoms with Crippen LogP contribution in [0.5, 0.6) is 17.2 Å². The summed E-state index contributed by atoms with van der Waals surface area (Å²) in [7, 11) is -4.03. The minimum Gasteiger partial charge on any atom is -0.490 e. The summed E-state index contributed by atoms with van der Waals surface area (Å²) >= 11 is 3.40. The quantitative estimate of drug-likeness (QED) is 0.128. The van der Waals surface area contributed by atoms with Gasteiger partial charge in [-0.1, -0.05) is 46.3 Å². The van der Waals surface area contributed by atoms with Gasteiger partial charge in [-0.2, -0.15) is 13.5 Å². The molecule has 200 valence electrons. The van der Waals surface area contributed by atoms with E-state index in [2.05, 4.69) is 26.5 Å². The Balaban J connectivity index is 1.36. The molecule has 0 aliphatic heterocycles. The molecule has 0 saturated heterocycles. The summed E-state index contributed by atoms with van der Waals surface area (Å²) in [5, 5.41) is 4.00. The van der Waals surface area contributed by atoms with Crippen molar-refractivity contribution in [3.63, 3.8) is 0 Å². The van der Waals surface area contributed by atoms with Crippen molar-refractivity contribution in [3.8, 4) is 17.2 Å². The number of hydrazone groups is 1. The highest BCUT2D eigenvalue weighted by Gasteiger charge is 2.19. The Kier molecular flexibility index (Phi) is 9.35. The number of nitrogens with zero attached hydrogens (tertiary/aromatic N) is 1. The molecule has 10 heteroatoms. The van der Waals surface area contributed by atoms with Gasteiger partial charge in [-0.05, 0) is 84.8 Å². The van der Waals surface area contributed by atoms with Gasteiger partial charge in [-0.25, -0.2) is 5.43 Å². The summed E-state index contributed by atoms with van der Waals surface area (Å²) in [5.41, 5.74) is 4.48. The Hall–Kier alpha value is -4.15. The van der Waals surface area contributed by atoms with Gasteiger partial charge in [0.25, 0.3) is 5.91 Å². The van der Waals surface area contributed by atoms with Gasteiger partial charge in [0.2, 0.25) is 0 Å². The molecule has 4 aromatic rings. The highest BCUT2D eigenvalue weighted by Crippen LogP contribution is 2.31. The van der Waals surface area contributed by atoms with Crippen molar-refractivity contribution in [1.29, 1.82) is 0 Å². The average Bonchev–Trinajstić information content (AvgIpc) is 2.95. The fourth-order valence-corrected chi connectivity index (χ4v) is 4.60. The number of halogens is 1. The van der Waals surface area contributed by atoms with E-state index in [9.17, 15) is 13.2 Å². The number of nitrogens with one attached hydrogen (secondary N) is 1. The van der Waals surface area contributed by atoms with Crippen molar-refractivity contribution < 1.29 is 26.9 Å². The first-order valence-corrected chi connectivity index (χ1v) is 14.1. The molecule has 4 aromatic carbocycles. The highest BCUT2D eigenvalue weighted by molar-refractivity contribution is 9.10. The van der Waals surface area contributed by atoms with E-state index in [1.54, 1.807) is 61.5 Å². The van der Waals surface area contributed by atoms with Crippen molar-refractivity contribution in [2.45, 2.75) is 18.4 Å². The average molecular weight is 609 g/mol. The molecule has 39 heavy (non-hydrogen) atoms. The number of hydrogen-bond acceptors (Lipinski definition) is 7. The van der Waals surface area contributed by atoms with Gasteiger partial charge in [0.05, 0.1) is 12.8 Å². The van der Waals surface area contributed by atoms with E-state index in [0.717, 1.165) is 10.0 Å². The van der Waals surface area contributed by atoms with Gasteiger partial charge in [0.15, 0.2) is 11.5 Å². The zero-order valence-corrected chi connectivity index (χ0v) is 23.3. The topological polar surface area (TPSA) is 103 Å². The van der Waals surface area contributed by atoms with Gasteiger partial charge in [-0.3, -0.25) is 4.79 Å². The van der Waals surface area contributed by atoms with E-state index in [4.69, 9.17) is 13.7 Å². The van der Waals surface area contributed by atoms with Crippen LogP contribution in [-0.4, -0.2) is 27.1 Å². The third-order valence-corrected chi connectivity index (χ3v) is 7.09. The molecule has 8 nitrogen and oxygen atoms in total. The third-order valence-electron chi connectivity index (χ3n) is 5.31. The lowest BCUT2D eigenvalue weighted by molar-refractivity contribution is 0.0955. The van der Waals surface area contributed by atoms with Gasteiger partial charge in [0, 0.05) is 10.0 Å². The van der Waals surface area contributed by atoms with Crippen LogP contribution in [0.25, 0.3) is 0 Å². The number of carbonyl (C=O) groups excluding carboxylic acids is 1. The zero-order chi connectivity index (χ0) is 27.7. The molecule has 0 spiro atoms. The molecule has 0 heterocycles. The molecule has 0 aliphatic carbocycles. The van der Waals surface area contributed by atoms with E-state index in [1.165, 1.54) is 24.4 Å². The molecule has 0 saturated carbocycles. The Morgan fingerprint density at radius 2 is 1.62 bits per heavy atom. The summed E-state index contributed by atoms with van der Waals surface area (Å²) < 4.78 is 42.8. The van der Waals surface area contributed by atoms with Crippen molar-refractivity contribution in [3.05, 3.63) is 118 Å². The number of rotatable bonds is 11. The normalized spacial score (nSPS) is 11.2. The second kappa shape index (κ2) is 13.1. The molecule has 0 radical (unpaired) electrons. The van der Waals surface area contributed by atoms with Crippen LogP contribution in [-0.2, 0) is 16.7 Å². The lowest BCUT2D eigenvalue weighted by Gasteiger charge is -2.12. The van der Waals surface area contributed by atoms with Gasteiger partial charge in [0.1, 0.15) is 17.3 Å². The Morgan fingerprint density at radius 1 is 0.897 bits per heavy atom. The summed E-state index contributed by atoms with van der Waals surface area (Å²) in [4.78, 5) is 12.5. The van der Waals surface area contributed by atoms with Crippen molar-refractivity contribution in [1.82, 2.24) is 5.43 Å². The zero-order valence-electron chi connectivity index (χ0n) is 20.9. The predicted octanol–water partition coefficient (Wildman–Crippen LogP) is 5.96. The van der Waals surface area contributed by atoms with E-state index in [-0.39, 0.29) is 16.4 Å². The van der Waals surface area contributed by atoms with Crippen LogP contribution in [0.15, 0.2) is 112 Å². The molecular weight excluding hydrogens is 584 g/mol. The molecule has 0 fully saturated rings. The number of amides is 1. The lowest BCUT2D eigenvalue weighted by Crippen LogP contribution is -2.17. The van der Waals surface area contributed by atoms with Crippen LogP contribution in [0.4, 0.5) is 0 Å². The van der Waals surface area contributed by atoms with Gasteiger partial charge < -0.3 is 13.7 Å². The minimum atomic E-state index is -4.03. The van der Waals surface area contributed by atoms with Crippen LogP contribution >= 0.6 is 15.9 Å². The molecule has 0 unspecified atom stereocenters. The van der Waals surface area contributed by atoms with E-state index in [1.807, 2.05) is 24.3 Å². The summed E-state index contributed by atoms with van der Waals surface area (Å²) in [5.74, 6) is 0.512. The molecule has 4 rings (SSSR count). The maximum Gasteiger partial charge on any atom is 0.339 e. The Bertz CT molecular complexity index is 1540. The maximum atomic E-state index is 12.6. The fraction of sp³-hybridized carbons (Fsp3) is 0.103. The summed E-state index contributed by atoms with van der Waals surface area (Å²) in [6.45, 7) is 2.48. The SMILES string of the molecule is CCOc1cc(/C=N\NC(=O)c2ccc(OCc3ccc(Br)cc3)cc2)ccc1OS(=O)(=O)c1ccccc1. The molecule has 0 aliphatic rings. The molecule has 0 aromatic heterocycles. The van der Waals surface area contributed by atoms with Crippen LogP contribution < -0.4 is 19.1 Å². The number of benzene rings is 4. The van der Waals surface area contributed by atoms with Crippen LogP contribution in [0, 0.1) is 0 Å².